The molecule has 0 saturated heterocycles. The number of ketones is 1. The maximum atomic E-state index is 11.9. The van der Waals surface area contributed by atoms with E-state index in [4.69, 9.17) is 0 Å². The first-order chi connectivity index (χ1) is 11.6. The van der Waals surface area contributed by atoms with Crippen LogP contribution in [-0.2, 0) is 4.79 Å². The lowest BCUT2D eigenvalue weighted by Crippen LogP contribution is -2.59. The van der Waals surface area contributed by atoms with Crippen LogP contribution in [0.1, 0.15) is 65.7 Å². The molecule has 0 spiro atoms. The molecule has 3 saturated carbocycles. The molecule has 0 radical (unpaired) electrons. The Morgan fingerprint density at radius 3 is 2.52 bits per heavy atom. The van der Waals surface area contributed by atoms with E-state index in [9.17, 15) is 20.1 Å². The highest BCUT2D eigenvalue weighted by atomic mass is 16.3. The molecule has 0 aromatic heterocycles. The highest BCUT2D eigenvalue weighted by molar-refractivity contribution is 5.91. The SMILES string of the molecule is CC(O)[C@@]1(O)CC[C@H]2[C@@H]3C[C@@H](O)C4=CC(=O)CC[C@]4(C)[C@H]3CC[C@@]21C. The monoisotopic (exact) mass is 348 g/mol. The minimum Gasteiger partial charge on any atom is -0.390 e. The maximum Gasteiger partial charge on any atom is 0.155 e. The fraction of sp³-hybridized carbons (Fsp3) is 0.857. The molecule has 4 heteroatoms. The molecule has 140 valence electrons. The fourth-order valence-corrected chi connectivity index (χ4v) is 7.34. The first-order valence-corrected chi connectivity index (χ1v) is 9.97. The van der Waals surface area contributed by atoms with Gasteiger partial charge >= 0.3 is 0 Å². The normalized spacial score (nSPS) is 53.5. The molecule has 4 aliphatic carbocycles. The van der Waals surface area contributed by atoms with Gasteiger partial charge < -0.3 is 15.3 Å². The molecule has 0 aromatic carbocycles. The number of carbonyl (C=O) groups excluding carboxylic acids is 1. The number of hydrogen-bond acceptors (Lipinski definition) is 4. The zero-order valence-corrected chi connectivity index (χ0v) is 15.7. The number of carbonyl (C=O) groups is 1. The molecule has 0 aliphatic heterocycles. The highest BCUT2D eigenvalue weighted by Crippen LogP contribution is 2.67. The average Bonchev–Trinajstić information content (AvgIpc) is 2.83. The zero-order valence-electron chi connectivity index (χ0n) is 15.7. The summed E-state index contributed by atoms with van der Waals surface area (Å²) >= 11 is 0. The van der Waals surface area contributed by atoms with Crippen molar-refractivity contribution in [2.75, 3.05) is 0 Å². The molecule has 0 bridgehead atoms. The quantitative estimate of drug-likeness (QED) is 0.681. The first-order valence-electron chi connectivity index (χ1n) is 9.97. The molecule has 3 N–H and O–H groups in total. The summed E-state index contributed by atoms with van der Waals surface area (Å²) in [7, 11) is 0. The molecule has 4 rings (SSSR count). The van der Waals surface area contributed by atoms with Gasteiger partial charge in [0, 0.05) is 11.8 Å². The van der Waals surface area contributed by atoms with Crippen LogP contribution in [0.15, 0.2) is 11.6 Å². The van der Waals surface area contributed by atoms with Gasteiger partial charge in [0.2, 0.25) is 0 Å². The summed E-state index contributed by atoms with van der Waals surface area (Å²) in [5, 5.41) is 32.4. The second kappa shape index (κ2) is 5.40. The number of hydrogen-bond donors (Lipinski definition) is 3. The number of fused-ring (bicyclic) bond motifs is 5. The zero-order chi connectivity index (χ0) is 18.2. The van der Waals surface area contributed by atoms with E-state index < -0.39 is 17.8 Å². The lowest BCUT2D eigenvalue weighted by molar-refractivity contribution is -0.176. The highest BCUT2D eigenvalue weighted by Gasteiger charge is 2.66. The van der Waals surface area contributed by atoms with E-state index in [0.29, 0.717) is 37.0 Å². The largest absolute Gasteiger partial charge is 0.390 e. The predicted molar refractivity (Wildman–Crippen MR) is 94.7 cm³/mol. The van der Waals surface area contributed by atoms with Crippen LogP contribution in [0.5, 0.6) is 0 Å². The van der Waals surface area contributed by atoms with Crippen LogP contribution in [0.3, 0.4) is 0 Å². The summed E-state index contributed by atoms with van der Waals surface area (Å²) in [5.74, 6) is 1.30. The summed E-state index contributed by atoms with van der Waals surface area (Å²) in [6.07, 6.45) is 6.02. The lowest BCUT2D eigenvalue weighted by Gasteiger charge is -2.60. The van der Waals surface area contributed by atoms with Gasteiger partial charge in [0.05, 0.1) is 17.8 Å². The third-order valence-corrected chi connectivity index (χ3v) is 8.88. The van der Waals surface area contributed by atoms with Crippen molar-refractivity contribution >= 4 is 5.78 Å². The predicted octanol–water partition coefficient (Wildman–Crippen LogP) is 2.60. The second-order valence-corrected chi connectivity index (χ2v) is 9.71. The van der Waals surface area contributed by atoms with Crippen LogP contribution in [-0.4, -0.2) is 38.9 Å². The van der Waals surface area contributed by atoms with Crippen LogP contribution in [0.4, 0.5) is 0 Å². The summed E-state index contributed by atoms with van der Waals surface area (Å²) in [5.41, 5.74) is -0.446. The smallest absolute Gasteiger partial charge is 0.155 e. The Morgan fingerprint density at radius 2 is 1.84 bits per heavy atom. The Hall–Kier alpha value is -0.710. The van der Waals surface area contributed by atoms with E-state index in [1.54, 1.807) is 13.0 Å². The molecule has 4 aliphatic rings. The molecular weight excluding hydrogens is 316 g/mol. The van der Waals surface area contributed by atoms with Crippen molar-refractivity contribution in [2.24, 2.45) is 28.6 Å². The first kappa shape index (κ1) is 17.7. The summed E-state index contributed by atoms with van der Waals surface area (Å²) in [6.45, 7) is 6.10. The van der Waals surface area contributed by atoms with Gasteiger partial charge in [0.15, 0.2) is 5.78 Å². The van der Waals surface area contributed by atoms with Crippen molar-refractivity contribution in [3.63, 3.8) is 0 Å². The van der Waals surface area contributed by atoms with Crippen molar-refractivity contribution in [1.82, 2.24) is 0 Å². The summed E-state index contributed by atoms with van der Waals surface area (Å²) in [6, 6.07) is 0. The van der Waals surface area contributed by atoms with Crippen LogP contribution in [0.2, 0.25) is 0 Å². The Balaban J connectivity index is 1.72. The fourth-order valence-electron chi connectivity index (χ4n) is 7.34. The molecule has 8 atom stereocenters. The van der Waals surface area contributed by atoms with Gasteiger partial charge in [0.1, 0.15) is 0 Å². The molecule has 1 unspecified atom stereocenters. The Bertz CT molecular complexity index is 625. The van der Waals surface area contributed by atoms with Crippen molar-refractivity contribution in [3.8, 4) is 0 Å². The number of aliphatic hydroxyl groups is 3. The lowest BCUT2D eigenvalue weighted by atomic mass is 9.45. The van der Waals surface area contributed by atoms with E-state index in [1.807, 2.05) is 0 Å². The van der Waals surface area contributed by atoms with Crippen molar-refractivity contribution in [2.45, 2.75) is 83.5 Å². The van der Waals surface area contributed by atoms with E-state index >= 15 is 0 Å². The van der Waals surface area contributed by atoms with E-state index in [2.05, 4.69) is 13.8 Å². The second-order valence-electron chi connectivity index (χ2n) is 9.71. The summed E-state index contributed by atoms with van der Waals surface area (Å²) in [4.78, 5) is 11.9. The maximum absolute atomic E-state index is 11.9. The van der Waals surface area contributed by atoms with Crippen LogP contribution in [0, 0.1) is 28.6 Å². The van der Waals surface area contributed by atoms with Crippen LogP contribution >= 0.6 is 0 Å². The Labute approximate surface area is 150 Å². The van der Waals surface area contributed by atoms with Gasteiger partial charge in [0.25, 0.3) is 0 Å². The third kappa shape index (κ3) is 2.14. The summed E-state index contributed by atoms with van der Waals surface area (Å²) < 4.78 is 0. The molecule has 3 fully saturated rings. The van der Waals surface area contributed by atoms with Gasteiger partial charge in [-0.05, 0) is 80.3 Å². The average molecular weight is 348 g/mol. The van der Waals surface area contributed by atoms with Crippen molar-refractivity contribution < 1.29 is 20.1 Å². The van der Waals surface area contributed by atoms with Gasteiger partial charge in [-0.2, -0.15) is 0 Å². The van der Waals surface area contributed by atoms with Gasteiger partial charge in [-0.1, -0.05) is 13.8 Å². The van der Waals surface area contributed by atoms with Gasteiger partial charge in [-0.3, -0.25) is 4.79 Å². The van der Waals surface area contributed by atoms with E-state index in [-0.39, 0.29) is 16.6 Å². The number of rotatable bonds is 1. The number of aliphatic hydroxyl groups excluding tert-OH is 2. The topological polar surface area (TPSA) is 77.8 Å². The third-order valence-electron chi connectivity index (χ3n) is 8.88. The minimum absolute atomic E-state index is 0.0941. The molecular formula is C21H32O4. The minimum atomic E-state index is -1.02. The van der Waals surface area contributed by atoms with Gasteiger partial charge in [-0.25, -0.2) is 0 Å². The Morgan fingerprint density at radius 1 is 1.16 bits per heavy atom. The van der Waals surface area contributed by atoms with Crippen molar-refractivity contribution in [1.29, 1.82) is 0 Å². The van der Waals surface area contributed by atoms with Crippen molar-refractivity contribution in [3.05, 3.63) is 11.6 Å². The van der Waals surface area contributed by atoms with Gasteiger partial charge in [-0.15, -0.1) is 0 Å². The van der Waals surface area contributed by atoms with E-state index in [0.717, 1.165) is 31.3 Å². The molecule has 25 heavy (non-hydrogen) atoms. The van der Waals surface area contributed by atoms with E-state index in [1.165, 1.54) is 0 Å². The molecule has 0 amide bonds. The van der Waals surface area contributed by atoms with Crippen LogP contribution < -0.4 is 0 Å². The van der Waals surface area contributed by atoms with Crippen LogP contribution in [0.25, 0.3) is 0 Å². The molecule has 0 aromatic rings. The molecule has 0 heterocycles. The molecule has 4 nitrogen and oxygen atoms in total. The Kier molecular flexibility index (Phi) is 3.82. The standard InChI is InChI=1S/C21H32O4/c1-12(22)21(25)9-6-16-14-11-18(24)17-10-13(23)4-7-19(17,2)15(14)5-8-20(16,21)3/h10,12,14-16,18,22,24-25H,4-9,11H2,1-3H3/t12?,14-,15+,16+,18-,19-,20+,21+/m1/s1.